The van der Waals surface area contributed by atoms with Gasteiger partial charge < -0.3 is 0 Å². The maximum atomic E-state index is 11.4. The molecule has 0 amide bonds. The Balaban J connectivity index is 2.13. The van der Waals surface area contributed by atoms with E-state index in [0.717, 1.165) is 19.3 Å². The second kappa shape index (κ2) is 3.75. The van der Waals surface area contributed by atoms with E-state index in [4.69, 9.17) is 0 Å². The van der Waals surface area contributed by atoms with Crippen molar-refractivity contribution >= 4 is 16.6 Å². The monoisotopic (exact) mass is 210 g/mol. The molecule has 1 atom stereocenters. The predicted octanol–water partition coefficient (Wildman–Crippen LogP) is 3.68. The zero-order chi connectivity index (χ0) is 11.0. The van der Waals surface area contributed by atoms with E-state index in [0.29, 0.717) is 11.7 Å². The highest BCUT2D eigenvalue weighted by Gasteiger charge is 2.24. The molecule has 1 aliphatic rings. The summed E-state index contributed by atoms with van der Waals surface area (Å²) < 4.78 is 0. The average molecular weight is 210 g/mol. The van der Waals surface area contributed by atoms with Crippen molar-refractivity contribution in [1.29, 1.82) is 0 Å². The van der Waals surface area contributed by atoms with E-state index in [1.165, 1.54) is 16.3 Å². The van der Waals surface area contributed by atoms with Crippen molar-refractivity contribution < 1.29 is 4.79 Å². The number of carbonyl (C=O) groups is 1. The SMILES string of the molecule is O=C1CCC(c2cccc3ccccc23)C1. The van der Waals surface area contributed by atoms with Crippen molar-refractivity contribution in [3.8, 4) is 0 Å². The van der Waals surface area contributed by atoms with E-state index >= 15 is 0 Å². The number of rotatable bonds is 1. The Kier molecular flexibility index (Phi) is 2.24. The van der Waals surface area contributed by atoms with Crippen molar-refractivity contribution in [2.75, 3.05) is 0 Å². The number of Topliss-reactive ketones (excluding diaryl/α,β-unsaturated/α-hetero) is 1. The first-order valence-corrected chi connectivity index (χ1v) is 5.84. The fourth-order valence-corrected chi connectivity index (χ4v) is 2.69. The van der Waals surface area contributed by atoms with Crippen molar-refractivity contribution in [2.45, 2.75) is 25.2 Å². The van der Waals surface area contributed by atoms with Gasteiger partial charge in [0, 0.05) is 12.8 Å². The maximum Gasteiger partial charge on any atom is 0.133 e. The van der Waals surface area contributed by atoms with Crippen LogP contribution in [0.3, 0.4) is 0 Å². The lowest BCUT2D eigenvalue weighted by molar-refractivity contribution is -0.117. The first-order valence-electron chi connectivity index (χ1n) is 5.84. The lowest BCUT2D eigenvalue weighted by atomic mass is 9.92. The molecule has 1 heteroatoms. The van der Waals surface area contributed by atoms with Crippen LogP contribution in [0.4, 0.5) is 0 Å². The van der Waals surface area contributed by atoms with Crippen LogP contribution >= 0.6 is 0 Å². The number of ketones is 1. The molecule has 1 fully saturated rings. The van der Waals surface area contributed by atoms with E-state index < -0.39 is 0 Å². The summed E-state index contributed by atoms with van der Waals surface area (Å²) in [5.41, 5.74) is 1.35. The lowest BCUT2D eigenvalue weighted by Gasteiger charge is -2.11. The molecule has 80 valence electrons. The van der Waals surface area contributed by atoms with Gasteiger partial charge in [-0.1, -0.05) is 42.5 Å². The molecule has 1 saturated carbocycles. The summed E-state index contributed by atoms with van der Waals surface area (Å²) >= 11 is 0. The number of hydrogen-bond donors (Lipinski definition) is 0. The Hall–Kier alpha value is -1.63. The third-order valence-electron chi connectivity index (χ3n) is 3.51. The minimum Gasteiger partial charge on any atom is -0.300 e. The number of benzene rings is 2. The largest absolute Gasteiger partial charge is 0.300 e. The van der Waals surface area contributed by atoms with Gasteiger partial charge in [0.25, 0.3) is 0 Å². The highest BCUT2D eigenvalue weighted by molar-refractivity contribution is 5.88. The van der Waals surface area contributed by atoms with Gasteiger partial charge in [0.05, 0.1) is 0 Å². The number of hydrogen-bond acceptors (Lipinski definition) is 1. The van der Waals surface area contributed by atoms with Gasteiger partial charge in [-0.05, 0) is 28.7 Å². The van der Waals surface area contributed by atoms with Crippen molar-refractivity contribution in [3.63, 3.8) is 0 Å². The second-order valence-corrected chi connectivity index (χ2v) is 4.55. The summed E-state index contributed by atoms with van der Waals surface area (Å²) in [5, 5.41) is 2.59. The van der Waals surface area contributed by atoms with Crippen LogP contribution in [0.15, 0.2) is 42.5 Å². The lowest BCUT2D eigenvalue weighted by Crippen LogP contribution is -1.95. The van der Waals surface area contributed by atoms with Crippen LogP contribution in [0, 0.1) is 0 Å². The van der Waals surface area contributed by atoms with Crippen molar-refractivity contribution in [2.24, 2.45) is 0 Å². The molecule has 16 heavy (non-hydrogen) atoms. The molecule has 3 rings (SSSR count). The van der Waals surface area contributed by atoms with Gasteiger partial charge in [-0.3, -0.25) is 4.79 Å². The summed E-state index contributed by atoms with van der Waals surface area (Å²) in [6.45, 7) is 0. The van der Waals surface area contributed by atoms with Crippen molar-refractivity contribution in [1.82, 2.24) is 0 Å². The molecule has 0 saturated heterocycles. The highest BCUT2D eigenvalue weighted by Crippen LogP contribution is 2.35. The van der Waals surface area contributed by atoms with Crippen molar-refractivity contribution in [3.05, 3.63) is 48.0 Å². The van der Waals surface area contributed by atoms with Gasteiger partial charge in [-0.2, -0.15) is 0 Å². The molecule has 2 aromatic rings. The van der Waals surface area contributed by atoms with E-state index in [9.17, 15) is 4.79 Å². The highest BCUT2D eigenvalue weighted by atomic mass is 16.1. The third kappa shape index (κ3) is 1.53. The Bertz CT molecular complexity index is 537. The van der Waals surface area contributed by atoms with Gasteiger partial charge in [-0.15, -0.1) is 0 Å². The van der Waals surface area contributed by atoms with Crippen LogP contribution < -0.4 is 0 Å². The quantitative estimate of drug-likeness (QED) is 0.701. The van der Waals surface area contributed by atoms with Crippen LogP contribution in [-0.4, -0.2) is 5.78 Å². The Morgan fingerprint density at radius 1 is 1.00 bits per heavy atom. The van der Waals surface area contributed by atoms with E-state index in [1.54, 1.807) is 0 Å². The van der Waals surface area contributed by atoms with Crippen LogP contribution in [0.2, 0.25) is 0 Å². The fraction of sp³-hybridized carbons (Fsp3) is 0.267. The molecule has 1 unspecified atom stereocenters. The van der Waals surface area contributed by atoms with Gasteiger partial charge in [0.15, 0.2) is 0 Å². The minimum absolute atomic E-state index is 0.415. The van der Waals surface area contributed by atoms with E-state index in [-0.39, 0.29) is 0 Å². The Morgan fingerprint density at radius 3 is 2.62 bits per heavy atom. The first kappa shape index (κ1) is 9.59. The smallest absolute Gasteiger partial charge is 0.133 e. The third-order valence-corrected chi connectivity index (χ3v) is 3.51. The van der Waals surface area contributed by atoms with Crippen LogP contribution in [-0.2, 0) is 4.79 Å². The van der Waals surface area contributed by atoms with Crippen LogP contribution in [0.1, 0.15) is 30.7 Å². The summed E-state index contributed by atoms with van der Waals surface area (Å²) in [7, 11) is 0. The molecule has 0 N–H and O–H groups in total. The molecule has 0 radical (unpaired) electrons. The van der Waals surface area contributed by atoms with Gasteiger partial charge in [-0.25, -0.2) is 0 Å². The molecule has 1 nitrogen and oxygen atoms in total. The van der Waals surface area contributed by atoms with E-state index in [2.05, 4.69) is 42.5 Å². The molecule has 0 aromatic heterocycles. The molecular formula is C15H14O. The summed E-state index contributed by atoms with van der Waals surface area (Å²) in [6, 6.07) is 14.8. The molecule has 2 aromatic carbocycles. The molecule has 1 aliphatic carbocycles. The number of fused-ring (bicyclic) bond motifs is 1. The fourth-order valence-electron chi connectivity index (χ4n) is 2.69. The topological polar surface area (TPSA) is 17.1 Å². The molecule has 0 spiro atoms. The summed E-state index contributed by atoms with van der Waals surface area (Å²) in [6.07, 6.45) is 2.51. The summed E-state index contributed by atoms with van der Waals surface area (Å²) in [4.78, 5) is 11.4. The average Bonchev–Trinajstić information content (AvgIpc) is 2.75. The zero-order valence-corrected chi connectivity index (χ0v) is 9.15. The molecule has 0 bridgehead atoms. The normalized spacial score (nSPS) is 20.5. The second-order valence-electron chi connectivity index (χ2n) is 4.55. The zero-order valence-electron chi connectivity index (χ0n) is 9.15. The van der Waals surface area contributed by atoms with Gasteiger partial charge >= 0.3 is 0 Å². The Labute approximate surface area is 95.1 Å². The minimum atomic E-state index is 0.415. The summed E-state index contributed by atoms with van der Waals surface area (Å²) in [5.74, 6) is 0.858. The van der Waals surface area contributed by atoms with Gasteiger partial charge in [0.2, 0.25) is 0 Å². The standard InChI is InChI=1S/C15H14O/c16-13-9-8-12(10-13)15-7-3-5-11-4-1-2-6-14(11)15/h1-7,12H,8-10H2. The molecule has 0 heterocycles. The van der Waals surface area contributed by atoms with Crippen LogP contribution in [0.25, 0.3) is 10.8 Å². The molecule has 0 aliphatic heterocycles. The Morgan fingerprint density at radius 2 is 1.81 bits per heavy atom. The van der Waals surface area contributed by atoms with E-state index in [1.807, 2.05) is 0 Å². The predicted molar refractivity (Wildman–Crippen MR) is 65.5 cm³/mol. The maximum absolute atomic E-state index is 11.4. The number of carbonyl (C=O) groups excluding carboxylic acids is 1. The van der Waals surface area contributed by atoms with Crippen LogP contribution in [0.5, 0.6) is 0 Å². The first-order chi connectivity index (χ1) is 7.84. The van der Waals surface area contributed by atoms with Gasteiger partial charge in [0.1, 0.15) is 5.78 Å². The molecular weight excluding hydrogens is 196 g/mol.